The second-order valence-electron chi connectivity index (χ2n) is 9.04. The van der Waals surface area contributed by atoms with Crippen molar-refractivity contribution in [2.75, 3.05) is 13.2 Å². The van der Waals surface area contributed by atoms with Crippen molar-refractivity contribution in [2.24, 2.45) is 5.92 Å². The number of hydrogen-bond donors (Lipinski definition) is 2. The van der Waals surface area contributed by atoms with Crippen LogP contribution in [0.2, 0.25) is 0 Å². The van der Waals surface area contributed by atoms with Crippen molar-refractivity contribution in [1.82, 2.24) is 15.8 Å². The molecule has 7 heteroatoms. The minimum absolute atomic E-state index is 0.242. The predicted octanol–water partition coefficient (Wildman–Crippen LogP) is 4.31. The molecule has 0 radical (unpaired) electrons. The first-order chi connectivity index (χ1) is 16.7. The van der Waals surface area contributed by atoms with Crippen molar-refractivity contribution < 1.29 is 14.1 Å². The fourth-order valence-corrected chi connectivity index (χ4v) is 4.23. The zero-order valence-corrected chi connectivity index (χ0v) is 19.0. The van der Waals surface area contributed by atoms with Crippen LogP contribution in [0.4, 0.5) is 0 Å². The first-order valence-electron chi connectivity index (χ1n) is 11.9. The molecule has 34 heavy (non-hydrogen) atoms. The van der Waals surface area contributed by atoms with Crippen molar-refractivity contribution in [1.29, 1.82) is 5.26 Å². The third-order valence-electron chi connectivity index (χ3n) is 6.50. The molecule has 1 saturated heterocycles. The van der Waals surface area contributed by atoms with Gasteiger partial charge >= 0.3 is 0 Å². The molecule has 2 fully saturated rings. The largest absolute Gasteiger partial charge is 0.381 e. The van der Waals surface area contributed by atoms with E-state index in [0.29, 0.717) is 23.1 Å². The van der Waals surface area contributed by atoms with Crippen LogP contribution in [0.25, 0.3) is 22.6 Å². The number of amides is 1. The minimum atomic E-state index is -0.426. The van der Waals surface area contributed by atoms with Crippen LogP contribution >= 0.6 is 0 Å². The molecule has 7 nitrogen and oxygen atoms in total. The fraction of sp³-hybridized carbons (Fsp3) is 0.370. The molecule has 3 aromatic rings. The summed E-state index contributed by atoms with van der Waals surface area (Å²) in [5, 5.41) is 19.9. The van der Waals surface area contributed by atoms with Gasteiger partial charge in [0.1, 0.15) is 11.7 Å². The van der Waals surface area contributed by atoms with Gasteiger partial charge in [-0.25, -0.2) is 0 Å². The molecule has 2 N–H and O–H groups in total. The maximum atomic E-state index is 12.6. The SMILES string of the molecule is N#CC(NC(=O)c1cccc(-c2cc(-c3ccc(CNC4CCOCC4)cc3)on2)c1)C1CC1. The number of carbonyl (C=O) groups is 1. The molecule has 1 aliphatic heterocycles. The number of benzene rings is 2. The first kappa shape index (κ1) is 22.3. The highest BCUT2D eigenvalue weighted by atomic mass is 16.5. The lowest BCUT2D eigenvalue weighted by molar-refractivity contribution is 0.0776. The standard InChI is InChI=1S/C27H28N4O3/c28-16-25(19-8-9-19)30-27(32)22-3-1-2-21(14-22)24-15-26(34-31-24)20-6-4-18(5-7-20)17-29-23-10-12-33-13-11-23/h1-7,14-15,19,23,25,29H,8-13,17H2,(H,30,32). The Labute approximate surface area is 199 Å². The average molecular weight is 457 g/mol. The smallest absolute Gasteiger partial charge is 0.252 e. The molecule has 2 heterocycles. The predicted molar refractivity (Wildman–Crippen MR) is 128 cm³/mol. The molecule has 2 aliphatic rings. The van der Waals surface area contributed by atoms with Gasteiger partial charge in [-0.2, -0.15) is 5.26 Å². The van der Waals surface area contributed by atoms with E-state index >= 15 is 0 Å². The Bertz CT molecular complexity index is 1170. The number of hydrogen-bond acceptors (Lipinski definition) is 6. The van der Waals surface area contributed by atoms with Gasteiger partial charge in [0, 0.05) is 48.6 Å². The summed E-state index contributed by atoms with van der Waals surface area (Å²) in [6.07, 6.45) is 4.10. The summed E-state index contributed by atoms with van der Waals surface area (Å²) in [7, 11) is 0. The Kier molecular flexibility index (Phi) is 6.70. The van der Waals surface area contributed by atoms with E-state index in [1.54, 1.807) is 12.1 Å². The van der Waals surface area contributed by atoms with Crippen molar-refractivity contribution in [3.05, 3.63) is 65.7 Å². The van der Waals surface area contributed by atoms with Gasteiger partial charge in [-0.15, -0.1) is 0 Å². The third kappa shape index (κ3) is 5.36. The molecule has 1 unspecified atom stereocenters. The molecular weight excluding hydrogens is 428 g/mol. The molecule has 174 valence electrons. The van der Waals surface area contributed by atoms with Crippen LogP contribution in [0.1, 0.15) is 41.6 Å². The van der Waals surface area contributed by atoms with Crippen LogP contribution in [-0.4, -0.2) is 36.4 Å². The molecular formula is C27H28N4O3. The lowest BCUT2D eigenvalue weighted by atomic mass is 10.0. The van der Waals surface area contributed by atoms with E-state index in [-0.39, 0.29) is 11.8 Å². The molecule has 1 aliphatic carbocycles. The molecule has 2 aromatic carbocycles. The Morgan fingerprint density at radius 3 is 2.59 bits per heavy atom. The zero-order valence-electron chi connectivity index (χ0n) is 19.0. The van der Waals surface area contributed by atoms with Crippen LogP contribution < -0.4 is 10.6 Å². The Hall–Kier alpha value is -3.47. The third-order valence-corrected chi connectivity index (χ3v) is 6.50. The number of carbonyl (C=O) groups excluding carboxylic acids is 1. The van der Waals surface area contributed by atoms with Crippen LogP contribution in [0.15, 0.2) is 59.1 Å². The minimum Gasteiger partial charge on any atom is -0.381 e. The average Bonchev–Trinajstić information content (AvgIpc) is 3.62. The lowest BCUT2D eigenvalue weighted by Crippen LogP contribution is -2.35. The van der Waals surface area contributed by atoms with Crippen molar-refractivity contribution >= 4 is 5.91 Å². The lowest BCUT2D eigenvalue weighted by Gasteiger charge is -2.23. The van der Waals surface area contributed by atoms with E-state index in [4.69, 9.17) is 9.26 Å². The number of rotatable bonds is 8. The van der Waals surface area contributed by atoms with E-state index in [0.717, 1.165) is 56.6 Å². The molecule has 5 rings (SSSR count). The molecule has 1 aromatic heterocycles. The van der Waals surface area contributed by atoms with Gasteiger partial charge in [0.25, 0.3) is 5.91 Å². The van der Waals surface area contributed by atoms with Gasteiger partial charge in [-0.1, -0.05) is 41.6 Å². The maximum Gasteiger partial charge on any atom is 0.252 e. The van der Waals surface area contributed by atoms with E-state index in [1.807, 2.05) is 30.3 Å². The highest BCUT2D eigenvalue weighted by Gasteiger charge is 2.32. The summed E-state index contributed by atoms with van der Waals surface area (Å²) in [6, 6.07) is 19.7. The zero-order chi connectivity index (χ0) is 23.3. The molecule has 0 bridgehead atoms. The number of nitrogens with one attached hydrogen (secondary N) is 2. The summed E-state index contributed by atoms with van der Waals surface area (Å²) in [6.45, 7) is 2.49. The Morgan fingerprint density at radius 2 is 1.85 bits per heavy atom. The van der Waals surface area contributed by atoms with E-state index in [2.05, 4.69) is 34.0 Å². The van der Waals surface area contributed by atoms with Crippen LogP contribution in [0, 0.1) is 17.2 Å². The van der Waals surface area contributed by atoms with Gasteiger partial charge in [0.15, 0.2) is 5.76 Å². The van der Waals surface area contributed by atoms with Crippen LogP contribution in [-0.2, 0) is 11.3 Å². The molecule has 1 atom stereocenters. The van der Waals surface area contributed by atoms with Crippen molar-refractivity contribution in [3.63, 3.8) is 0 Å². The van der Waals surface area contributed by atoms with E-state index in [1.165, 1.54) is 5.56 Å². The summed E-state index contributed by atoms with van der Waals surface area (Å²) in [5.74, 6) is 0.709. The van der Waals surface area contributed by atoms with Gasteiger partial charge in [-0.05, 0) is 49.3 Å². The van der Waals surface area contributed by atoms with Crippen LogP contribution in [0.3, 0.4) is 0 Å². The van der Waals surface area contributed by atoms with Gasteiger partial charge in [-0.3, -0.25) is 4.79 Å². The highest BCUT2D eigenvalue weighted by molar-refractivity contribution is 5.95. The summed E-state index contributed by atoms with van der Waals surface area (Å²) >= 11 is 0. The quantitative estimate of drug-likeness (QED) is 0.524. The summed E-state index contributed by atoms with van der Waals surface area (Å²) < 4.78 is 11.0. The highest BCUT2D eigenvalue weighted by Crippen LogP contribution is 2.32. The molecule has 1 amide bonds. The van der Waals surface area contributed by atoms with Crippen LogP contribution in [0.5, 0.6) is 0 Å². The summed E-state index contributed by atoms with van der Waals surface area (Å²) in [5.41, 5.74) is 4.12. The topological polar surface area (TPSA) is 100 Å². The second-order valence-corrected chi connectivity index (χ2v) is 9.04. The number of aromatic nitrogens is 1. The Morgan fingerprint density at radius 1 is 1.06 bits per heavy atom. The molecule has 1 saturated carbocycles. The van der Waals surface area contributed by atoms with Gasteiger partial charge in [0.05, 0.1) is 6.07 Å². The van der Waals surface area contributed by atoms with Gasteiger partial charge in [0.2, 0.25) is 0 Å². The number of ether oxygens (including phenoxy) is 1. The number of nitrogens with zero attached hydrogens (tertiary/aromatic N) is 2. The second kappa shape index (κ2) is 10.2. The fourth-order valence-electron chi connectivity index (χ4n) is 4.23. The van der Waals surface area contributed by atoms with Crippen molar-refractivity contribution in [2.45, 2.75) is 44.3 Å². The van der Waals surface area contributed by atoms with E-state index in [9.17, 15) is 10.1 Å². The summed E-state index contributed by atoms with van der Waals surface area (Å²) in [4.78, 5) is 12.6. The Balaban J connectivity index is 1.23. The van der Waals surface area contributed by atoms with Gasteiger partial charge < -0.3 is 19.9 Å². The monoisotopic (exact) mass is 456 g/mol. The normalized spacial score (nSPS) is 17.1. The molecule has 0 spiro atoms. The van der Waals surface area contributed by atoms with E-state index < -0.39 is 6.04 Å². The first-order valence-corrected chi connectivity index (χ1v) is 11.9. The number of nitriles is 1. The van der Waals surface area contributed by atoms with Crippen molar-refractivity contribution in [3.8, 4) is 28.7 Å². The maximum absolute atomic E-state index is 12.6.